The molecule has 28 heavy (non-hydrogen) atoms. The lowest BCUT2D eigenvalue weighted by Crippen LogP contribution is -2.31. The molecule has 0 spiro atoms. The average Bonchev–Trinajstić information content (AvgIpc) is 3.09. The van der Waals surface area contributed by atoms with Gasteiger partial charge < -0.3 is 0 Å². The number of halogens is 2. The highest BCUT2D eigenvalue weighted by atomic mass is 35.5. The van der Waals surface area contributed by atoms with Gasteiger partial charge in [0.25, 0.3) is 5.91 Å². The molecule has 0 aliphatic rings. The number of benzene rings is 2. The zero-order valence-corrected chi connectivity index (χ0v) is 16.5. The summed E-state index contributed by atoms with van der Waals surface area (Å²) in [5, 5.41) is 0.602. The number of aryl methyl sites for hydroxylation is 1. The van der Waals surface area contributed by atoms with Crippen LogP contribution in [0.15, 0.2) is 60.8 Å². The van der Waals surface area contributed by atoms with E-state index in [1.807, 2.05) is 43.3 Å². The molecule has 0 bridgehead atoms. The molecule has 0 fully saturated rings. The molecule has 0 saturated heterocycles. The molecule has 4 aromatic rings. The second-order valence-electron chi connectivity index (χ2n) is 6.30. The second-order valence-corrected chi connectivity index (χ2v) is 7.72. The highest BCUT2D eigenvalue weighted by molar-refractivity contribution is 7.22. The third-order valence-corrected chi connectivity index (χ3v) is 5.57. The Labute approximate surface area is 170 Å². The van der Waals surface area contributed by atoms with Crippen LogP contribution < -0.4 is 4.90 Å². The maximum absolute atomic E-state index is 13.4. The number of thiazole rings is 1. The first-order chi connectivity index (χ1) is 13.5. The van der Waals surface area contributed by atoms with Crippen LogP contribution in [0, 0.1) is 12.7 Å². The number of hydrogen-bond acceptors (Lipinski definition) is 4. The van der Waals surface area contributed by atoms with Crippen molar-refractivity contribution in [1.82, 2.24) is 9.97 Å². The SMILES string of the molecule is Cc1ccc2nc(N(Cc3ccccn3)C(=O)c3ccc(F)cc3Cl)sc2c1. The lowest BCUT2D eigenvalue weighted by Gasteiger charge is -2.20. The van der Waals surface area contributed by atoms with Gasteiger partial charge in [0.1, 0.15) is 5.82 Å². The van der Waals surface area contributed by atoms with Gasteiger partial charge in [-0.05, 0) is 55.0 Å². The average molecular weight is 412 g/mol. The van der Waals surface area contributed by atoms with E-state index in [4.69, 9.17) is 11.6 Å². The van der Waals surface area contributed by atoms with Crippen molar-refractivity contribution in [3.63, 3.8) is 0 Å². The number of carbonyl (C=O) groups is 1. The molecular weight excluding hydrogens is 397 g/mol. The van der Waals surface area contributed by atoms with E-state index in [0.717, 1.165) is 21.8 Å². The van der Waals surface area contributed by atoms with Crippen LogP contribution in [0.5, 0.6) is 0 Å². The number of rotatable bonds is 4. The number of anilines is 1. The van der Waals surface area contributed by atoms with Crippen molar-refractivity contribution in [3.8, 4) is 0 Å². The zero-order valence-electron chi connectivity index (χ0n) is 14.9. The van der Waals surface area contributed by atoms with Crippen LogP contribution in [-0.4, -0.2) is 15.9 Å². The smallest absolute Gasteiger partial charge is 0.261 e. The van der Waals surface area contributed by atoms with Crippen molar-refractivity contribution < 1.29 is 9.18 Å². The second kappa shape index (κ2) is 7.66. The van der Waals surface area contributed by atoms with Crippen molar-refractivity contribution in [2.24, 2.45) is 0 Å². The molecule has 0 atom stereocenters. The summed E-state index contributed by atoms with van der Waals surface area (Å²) < 4.78 is 14.4. The third-order valence-electron chi connectivity index (χ3n) is 4.22. The summed E-state index contributed by atoms with van der Waals surface area (Å²) >= 11 is 7.56. The molecule has 4 nitrogen and oxygen atoms in total. The third kappa shape index (κ3) is 3.74. The van der Waals surface area contributed by atoms with Gasteiger partial charge in [0, 0.05) is 6.20 Å². The van der Waals surface area contributed by atoms with Crippen LogP contribution in [0.2, 0.25) is 5.02 Å². The summed E-state index contributed by atoms with van der Waals surface area (Å²) in [4.78, 5) is 23.8. The van der Waals surface area contributed by atoms with Crippen LogP contribution in [0.1, 0.15) is 21.6 Å². The minimum Gasteiger partial charge on any atom is -0.278 e. The first kappa shape index (κ1) is 18.5. The van der Waals surface area contributed by atoms with E-state index in [-0.39, 0.29) is 23.0 Å². The van der Waals surface area contributed by atoms with Gasteiger partial charge >= 0.3 is 0 Å². The Kier molecular flexibility index (Phi) is 5.07. The highest BCUT2D eigenvalue weighted by Crippen LogP contribution is 2.32. The largest absolute Gasteiger partial charge is 0.278 e. The molecule has 0 saturated carbocycles. The number of amides is 1. The molecule has 4 rings (SSSR count). The minimum absolute atomic E-state index is 0.0629. The Morgan fingerprint density at radius 1 is 1.18 bits per heavy atom. The predicted octanol–water partition coefficient (Wildman–Crippen LogP) is 5.64. The Hall–Kier alpha value is -2.83. The molecule has 2 heterocycles. The number of hydrogen-bond donors (Lipinski definition) is 0. The molecule has 2 aromatic carbocycles. The molecule has 0 unspecified atom stereocenters. The van der Waals surface area contributed by atoms with Crippen molar-refractivity contribution in [2.75, 3.05) is 4.90 Å². The fourth-order valence-electron chi connectivity index (χ4n) is 2.82. The first-order valence-electron chi connectivity index (χ1n) is 8.55. The zero-order chi connectivity index (χ0) is 19.7. The molecule has 1 amide bonds. The molecular formula is C21H15ClFN3OS. The van der Waals surface area contributed by atoms with E-state index in [1.54, 1.807) is 6.20 Å². The number of pyridine rings is 1. The van der Waals surface area contributed by atoms with Gasteiger partial charge in [-0.25, -0.2) is 9.37 Å². The Morgan fingerprint density at radius 2 is 2.04 bits per heavy atom. The minimum atomic E-state index is -0.492. The van der Waals surface area contributed by atoms with Gasteiger partial charge in [-0.3, -0.25) is 14.7 Å². The van der Waals surface area contributed by atoms with E-state index in [0.29, 0.717) is 10.8 Å². The van der Waals surface area contributed by atoms with E-state index in [9.17, 15) is 9.18 Å². The van der Waals surface area contributed by atoms with Gasteiger partial charge in [0.05, 0.1) is 33.0 Å². The quantitative estimate of drug-likeness (QED) is 0.436. The van der Waals surface area contributed by atoms with Crippen LogP contribution in [0.3, 0.4) is 0 Å². The maximum Gasteiger partial charge on any atom is 0.261 e. The number of carbonyl (C=O) groups excluding carboxylic acids is 1. The van der Waals surface area contributed by atoms with E-state index in [1.165, 1.54) is 28.4 Å². The van der Waals surface area contributed by atoms with Crippen LogP contribution in [-0.2, 0) is 6.54 Å². The lowest BCUT2D eigenvalue weighted by molar-refractivity contribution is 0.0985. The molecule has 2 aromatic heterocycles. The summed E-state index contributed by atoms with van der Waals surface area (Å²) in [6, 6.07) is 15.2. The van der Waals surface area contributed by atoms with Gasteiger partial charge in [-0.2, -0.15) is 0 Å². The maximum atomic E-state index is 13.4. The fraction of sp³-hybridized carbons (Fsp3) is 0.0952. The molecule has 0 N–H and O–H groups in total. The van der Waals surface area contributed by atoms with Crippen molar-refractivity contribution in [2.45, 2.75) is 13.5 Å². The Bertz CT molecular complexity index is 1160. The number of aromatic nitrogens is 2. The van der Waals surface area contributed by atoms with Crippen LogP contribution in [0.25, 0.3) is 10.2 Å². The number of nitrogens with zero attached hydrogens (tertiary/aromatic N) is 3. The monoisotopic (exact) mass is 411 g/mol. The van der Waals surface area contributed by atoms with E-state index >= 15 is 0 Å². The molecule has 0 aliphatic carbocycles. The van der Waals surface area contributed by atoms with Gasteiger partial charge in [0.2, 0.25) is 0 Å². The van der Waals surface area contributed by atoms with Crippen molar-refractivity contribution in [1.29, 1.82) is 0 Å². The van der Waals surface area contributed by atoms with Crippen molar-refractivity contribution >= 4 is 44.2 Å². The summed E-state index contributed by atoms with van der Waals surface area (Å²) in [5.74, 6) is -0.847. The first-order valence-corrected chi connectivity index (χ1v) is 9.75. The van der Waals surface area contributed by atoms with Gasteiger partial charge in [-0.15, -0.1) is 0 Å². The summed E-state index contributed by atoms with van der Waals surface area (Å²) in [6.45, 7) is 2.24. The molecule has 7 heteroatoms. The Morgan fingerprint density at radius 3 is 2.79 bits per heavy atom. The lowest BCUT2D eigenvalue weighted by atomic mass is 10.2. The van der Waals surface area contributed by atoms with Crippen LogP contribution >= 0.6 is 22.9 Å². The summed E-state index contributed by atoms with van der Waals surface area (Å²) in [5.41, 5.74) is 2.86. The van der Waals surface area contributed by atoms with Crippen LogP contribution in [0.4, 0.5) is 9.52 Å². The highest BCUT2D eigenvalue weighted by Gasteiger charge is 2.24. The molecule has 0 radical (unpaired) electrons. The summed E-state index contributed by atoms with van der Waals surface area (Å²) in [7, 11) is 0. The molecule has 140 valence electrons. The molecule has 0 aliphatic heterocycles. The Balaban J connectivity index is 1.79. The summed E-state index contributed by atoms with van der Waals surface area (Å²) in [6.07, 6.45) is 1.67. The normalized spacial score (nSPS) is 11.0. The topological polar surface area (TPSA) is 46.1 Å². The number of fused-ring (bicyclic) bond motifs is 1. The van der Waals surface area contributed by atoms with E-state index in [2.05, 4.69) is 9.97 Å². The van der Waals surface area contributed by atoms with E-state index < -0.39 is 5.82 Å². The predicted molar refractivity (Wildman–Crippen MR) is 111 cm³/mol. The standard InChI is InChI=1S/C21H15ClFN3OS/c1-13-5-8-18-19(10-13)28-21(25-18)26(12-15-4-2-3-9-24-15)20(27)16-7-6-14(23)11-17(16)22/h2-11H,12H2,1H3. The van der Waals surface area contributed by atoms with Gasteiger partial charge in [0.15, 0.2) is 5.13 Å². The van der Waals surface area contributed by atoms with Crippen molar-refractivity contribution in [3.05, 3.63) is 88.5 Å². The fourth-order valence-corrected chi connectivity index (χ4v) is 4.13. The van der Waals surface area contributed by atoms with Gasteiger partial charge in [-0.1, -0.05) is 35.1 Å².